The summed E-state index contributed by atoms with van der Waals surface area (Å²) in [6, 6.07) is 0. The minimum atomic E-state index is -2.38. The van der Waals surface area contributed by atoms with E-state index in [2.05, 4.69) is 132 Å². The molecule has 0 saturated carbocycles. The molecule has 0 aliphatic carbocycles. The van der Waals surface area contributed by atoms with Gasteiger partial charge in [-0.1, -0.05) is 34.1 Å². The van der Waals surface area contributed by atoms with Gasteiger partial charge in [0.05, 0.1) is 39.5 Å². The highest BCUT2D eigenvalue weighted by molar-refractivity contribution is 5.00. The molecule has 0 aromatic heterocycles. The molecule has 10 aliphatic rings. The summed E-state index contributed by atoms with van der Waals surface area (Å²) in [5.74, 6) is 1.82. The molecular formula is C54H113F2N11O2. The van der Waals surface area contributed by atoms with Crippen LogP contribution in [0, 0.1) is 24.2 Å². The molecule has 0 bridgehead atoms. The largest absolute Gasteiger partial charge is 0.379 e. The Morgan fingerprint density at radius 1 is 0.406 bits per heavy atom. The highest BCUT2D eigenvalue weighted by Crippen LogP contribution is 2.24. The Labute approximate surface area is 426 Å². The molecule has 10 rings (SSSR count). The lowest BCUT2D eigenvalue weighted by Gasteiger charge is -2.35. The van der Waals surface area contributed by atoms with E-state index in [0.29, 0.717) is 5.92 Å². The number of hydrogen-bond donors (Lipinski definition) is 0. The SMILES string of the molecule is C#CC1CN(C)C1.CC1CN(C)C1.CCN1CCCC1.CCN1CCN(C)CC1.CCN1CCOCC1.CN1CC(F)(F)C1.CN1CCC1.CN1CCCC1.CN1CCCCC1.CN1CCOCC1. The molecular weight excluding hydrogens is 873 g/mol. The molecule has 69 heavy (non-hydrogen) atoms. The number of piperazine rings is 1. The first-order valence-electron chi connectivity index (χ1n) is 27.6. The standard InChI is InChI=1S/C7H16N2.C6H13NO.C6H13N.C6H9N.C6H13N.C5H11NO.2C5H11N.C4H7F2N.C4H9N/c1-3-9-6-4-8(2)5-7-9;1-2-7-3-5-8-6-4-7;1-7-5-3-2-4-6-7;1-3-6-4-7(2)5-6;1-2-7-5-3-4-6-7;1-6-2-4-7-5-3-6;1-5-3-6(2)4-5;1-6-4-2-3-5-6;1-7-2-4(5,6)3-7;1-5-3-2-4-5/h3-7H2,1-2H3;2-6H2,1H3;2-6H2,1H3;1,6H,4-5H2,2H3;2-6H2,1H3;2-5H2,1H3;5H,3-4H2,1-2H3;2-5H2,1H3;2-3H2,1H3;2-4H2,1H3. The molecule has 10 heterocycles. The van der Waals surface area contributed by atoms with Gasteiger partial charge in [0.2, 0.25) is 0 Å². The van der Waals surface area contributed by atoms with Gasteiger partial charge >= 0.3 is 0 Å². The number of nitrogens with zero attached hydrogens (tertiary/aromatic N) is 11. The average Bonchev–Trinajstić information content (AvgIpc) is 4.04. The van der Waals surface area contributed by atoms with Crippen LogP contribution < -0.4 is 0 Å². The van der Waals surface area contributed by atoms with Gasteiger partial charge < -0.3 is 53.6 Å². The summed E-state index contributed by atoms with van der Waals surface area (Å²) in [7, 11) is 16.7. The van der Waals surface area contributed by atoms with Crippen molar-refractivity contribution in [2.75, 3.05) is 246 Å². The van der Waals surface area contributed by atoms with Crippen LogP contribution in [0.5, 0.6) is 0 Å². The Kier molecular flexibility index (Phi) is 39.4. The predicted molar refractivity (Wildman–Crippen MR) is 291 cm³/mol. The second kappa shape index (κ2) is 41.3. The summed E-state index contributed by atoms with van der Waals surface area (Å²) in [4.78, 5) is 25.2. The minimum absolute atomic E-state index is 0.0625. The normalized spacial score (nSPS) is 25.3. The van der Waals surface area contributed by atoms with Crippen LogP contribution in [0.3, 0.4) is 0 Å². The van der Waals surface area contributed by atoms with Crippen LogP contribution >= 0.6 is 0 Å². The third-order valence-corrected chi connectivity index (χ3v) is 14.0. The average molecular weight is 987 g/mol. The first kappa shape index (κ1) is 65.9. The molecule has 10 aliphatic heterocycles. The van der Waals surface area contributed by atoms with E-state index < -0.39 is 5.92 Å². The fourth-order valence-corrected chi connectivity index (χ4v) is 8.80. The van der Waals surface area contributed by atoms with Crippen molar-refractivity contribution in [1.82, 2.24) is 53.9 Å². The zero-order valence-corrected chi connectivity index (χ0v) is 47.4. The van der Waals surface area contributed by atoms with E-state index in [4.69, 9.17) is 15.9 Å². The molecule has 15 heteroatoms. The summed E-state index contributed by atoms with van der Waals surface area (Å²) < 4.78 is 33.8. The fraction of sp³-hybridized carbons (Fsp3) is 0.963. The maximum absolute atomic E-state index is 11.7. The Morgan fingerprint density at radius 2 is 0.739 bits per heavy atom. The van der Waals surface area contributed by atoms with E-state index in [1.807, 2.05) is 0 Å². The molecule has 0 atom stereocenters. The molecule has 10 fully saturated rings. The molecule has 0 radical (unpaired) electrons. The molecule has 0 aromatic rings. The smallest absolute Gasteiger partial charge is 0.272 e. The van der Waals surface area contributed by atoms with Gasteiger partial charge in [0, 0.05) is 84.5 Å². The van der Waals surface area contributed by atoms with E-state index >= 15 is 0 Å². The highest BCUT2D eigenvalue weighted by atomic mass is 19.3. The Morgan fingerprint density at radius 3 is 0.928 bits per heavy atom. The third-order valence-electron chi connectivity index (χ3n) is 14.0. The molecule has 0 aromatic carbocycles. The lowest BCUT2D eigenvalue weighted by atomic mass is 10.0. The molecule has 0 unspecified atom stereocenters. The van der Waals surface area contributed by atoms with Crippen LogP contribution in [0.15, 0.2) is 0 Å². The van der Waals surface area contributed by atoms with Crippen molar-refractivity contribution in [2.24, 2.45) is 11.8 Å². The minimum Gasteiger partial charge on any atom is -0.379 e. The highest BCUT2D eigenvalue weighted by Gasteiger charge is 2.41. The number of likely N-dealkylation sites (N-methyl/N-ethyl adjacent to an activating group) is 4. The second-order valence-corrected chi connectivity index (χ2v) is 21.3. The molecule has 0 spiro atoms. The van der Waals surface area contributed by atoms with Crippen LogP contribution in [0.25, 0.3) is 0 Å². The van der Waals surface area contributed by atoms with Gasteiger partial charge in [0.15, 0.2) is 0 Å². The molecule has 410 valence electrons. The van der Waals surface area contributed by atoms with Crippen LogP contribution in [0.1, 0.15) is 79.1 Å². The van der Waals surface area contributed by atoms with E-state index in [1.165, 1.54) is 163 Å². The van der Waals surface area contributed by atoms with E-state index in [-0.39, 0.29) is 13.1 Å². The number of likely N-dealkylation sites (tertiary alicyclic amines) is 7. The van der Waals surface area contributed by atoms with Gasteiger partial charge in [-0.2, -0.15) is 0 Å². The van der Waals surface area contributed by atoms with E-state index in [1.54, 1.807) is 11.9 Å². The van der Waals surface area contributed by atoms with Crippen LogP contribution in [0.4, 0.5) is 8.78 Å². The Bertz CT molecular complexity index is 1140. The van der Waals surface area contributed by atoms with Crippen molar-refractivity contribution in [2.45, 2.75) is 85.0 Å². The van der Waals surface area contributed by atoms with Gasteiger partial charge in [0.1, 0.15) is 0 Å². The third kappa shape index (κ3) is 37.3. The van der Waals surface area contributed by atoms with Gasteiger partial charge in [-0.3, -0.25) is 9.80 Å². The van der Waals surface area contributed by atoms with Gasteiger partial charge in [-0.05, 0) is 179 Å². The quantitative estimate of drug-likeness (QED) is 0.354. The van der Waals surface area contributed by atoms with Crippen LogP contribution in [-0.2, 0) is 9.47 Å². The van der Waals surface area contributed by atoms with Crippen molar-refractivity contribution < 1.29 is 18.3 Å². The number of rotatable bonds is 3. The van der Waals surface area contributed by atoms with Crippen LogP contribution in [0.2, 0.25) is 0 Å². The maximum Gasteiger partial charge on any atom is 0.272 e. The van der Waals surface area contributed by atoms with Crippen molar-refractivity contribution in [3.8, 4) is 12.3 Å². The lowest BCUT2D eigenvalue weighted by molar-refractivity contribution is -0.119. The van der Waals surface area contributed by atoms with Crippen LogP contribution in [-0.4, -0.2) is 306 Å². The molecule has 0 amide bonds. The number of morpholine rings is 2. The number of hydrogen-bond acceptors (Lipinski definition) is 13. The Balaban J connectivity index is 0.000000384. The van der Waals surface area contributed by atoms with E-state index in [0.717, 1.165) is 71.6 Å². The van der Waals surface area contributed by atoms with Gasteiger partial charge in [-0.25, -0.2) is 8.78 Å². The second-order valence-electron chi connectivity index (χ2n) is 21.3. The first-order valence-corrected chi connectivity index (χ1v) is 27.6. The molecule has 10 saturated heterocycles. The molecule has 0 N–H and O–H groups in total. The number of terminal acetylenes is 1. The molecule has 13 nitrogen and oxygen atoms in total. The number of piperidine rings is 1. The monoisotopic (exact) mass is 986 g/mol. The zero-order chi connectivity index (χ0) is 51.3. The number of alkyl halides is 2. The zero-order valence-electron chi connectivity index (χ0n) is 47.4. The summed E-state index contributed by atoms with van der Waals surface area (Å²) >= 11 is 0. The number of ether oxygens (including phenoxy) is 2. The fourth-order valence-electron chi connectivity index (χ4n) is 8.80. The summed E-state index contributed by atoms with van der Waals surface area (Å²) in [6.45, 7) is 40.9. The lowest BCUT2D eigenvalue weighted by Crippen LogP contribution is -2.53. The topological polar surface area (TPSA) is 54.1 Å². The van der Waals surface area contributed by atoms with Crippen molar-refractivity contribution >= 4 is 0 Å². The summed E-state index contributed by atoms with van der Waals surface area (Å²) in [6.07, 6.45) is 16.5. The van der Waals surface area contributed by atoms with Crippen molar-refractivity contribution in [1.29, 1.82) is 0 Å². The summed E-state index contributed by atoms with van der Waals surface area (Å²) in [5.41, 5.74) is 0. The Hall–Kier alpha value is -1.10. The van der Waals surface area contributed by atoms with Crippen molar-refractivity contribution in [3.05, 3.63) is 0 Å². The number of halogens is 2. The maximum atomic E-state index is 11.7. The van der Waals surface area contributed by atoms with E-state index in [9.17, 15) is 8.78 Å². The van der Waals surface area contributed by atoms with Gasteiger partial charge in [-0.15, -0.1) is 12.3 Å². The summed E-state index contributed by atoms with van der Waals surface area (Å²) in [5, 5.41) is 0. The van der Waals surface area contributed by atoms with Gasteiger partial charge in [0.25, 0.3) is 5.92 Å². The predicted octanol–water partition coefficient (Wildman–Crippen LogP) is 5.09. The van der Waals surface area contributed by atoms with Crippen molar-refractivity contribution in [3.63, 3.8) is 0 Å². The first-order chi connectivity index (χ1) is 33.0.